The second kappa shape index (κ2) is 6.81. The molecule has 1 amide bonds. The Kier molecular flexibility index (Phi) is 5.00. The van der Waals surface area contributed by atoms with Crippen molar-refractivity contribution in [2.75, 3.05) is 18.8 Å². The van der Waals surface area contributed by atoms with E-state index >= 15 is 0 Å². The summed E-state index contributed by atoms with van der Waals surface area (Å²) in [6.45, 7) is 1.74. The van der Waals surface area contributed by atoms with Crippen LogP contribution in [-0.2, 0) is 9.59 Å². The maximum Gasteiger partial charge on any atom is 0.306 e. The summed E-state index contributed by atoms with van der Waals surface area (Å²) in [5.41, 5.74) is 0. The molecule has 0 aromatic carbocycles. The van der Waals surface area contributed by atoms with E-state index < -0.39 is 5.97 Å². The van der Waals surface area contributed by atoms with Gasteiger partial charge in [-0.3, -0.25) is 9.59 Å². The highest BCUT2D eigenvalue weighted by atomic mass is 32.2. The molecular formula is C17H27NO3S. The van der Waals surface area contributed by atoms with Crippen molar-refractivity contribution in [1.29, 1.82) is 0 Å². The summed E-state index contributed by atoms with van der Waals surface area (Å²) < 4.78 is 0.299. The van der Waals surface area contributed by atoms with Gasteiger partial charge in [-0.1, -0.05) is 25.7 Å². The number of nitrogens with zero attached hydrogens (tertiary/aromatic N) is 1. The molecule has 3 rings (SSSR count). The third-order valence-electron chi connectivity index (χ3n) is 5.70. The summed E-state index contributed by atoms with van der Waals surface area (Å²) in [4.78, 5) is 26.1. The number of carbonyl (C=O) groups excluding carboxylic acids is 1. The van der Waals surface area contributed by atoms with E-state index in [1.807, 2.05) is 0 Å². The Morgan fingerprint density at radius 1 is 1.05 bits per heavy atom. The Morgan fingerprint density at radius 3 is 2.50 bits per heavy atom. The minimum atomic E-state index is -0.726. The number of carboxylic acids is 1. The Labute approximate surface area is 137 Å². The van der Waals surface area contributed by atoms with Crippen LogP contribution in [0.1, 0.15) is 57.8 Å². The van der Waals surface area contributed by atoms with Crippen LogP contribution in [0.5, 0.6) is 0 Å². The molecule has 0 radical (unpaired) electrons. The average molecular weight is 325 g/mol. The highest BCUT2D eigenvalue weighted by Gasteiger charge is 2.41. The Balaban J connectivity index is 1.62. The molecule has 124 valence electrons. The smallest absolute Gasteiger partial charge is 0.306 e. The van der Waals surface area contributed by atoms with Crippen LogP contribution in [-0.4, -0.2) is 45.5 Å². The number of hydrogen-bond donors (Lipinski definition) is 1. The zero-order valence-electron chi connectivity index (χ0n) is 13.3. The van der Waals surface area contributed by atoms with Crippen molar-refractivity contribution in [3.8, 4) is 0 Å². The molecule has 1 heterocycles. The van der Waals surface area contributed by atoms with Gasteiger partial charge in [0.1, 0.15) is 0 Å². The fourth-order valence-electron chi connectivity index (χ4n) is 4.43. The van der Waals surface area contributed by atoms with Gasteiger partial charge in [-0.15, -0.1) is 0 Å². The molecule has 5 heteroatoms. The lowest BCUT2D eigenvalue weighted by Crippen LogP contribution is -2.52. The van der Waals surface area contributed by atoms with Crippen molar-refractivity contribution in [1.82, 2.24) is 4.90 Å². The standard InChI is InChI=1S/C17H27NO3S/c19-15(13-5-4-6-14(11-13)16(20)21)18-9-10-22-17(12-18)7-2-1-3-8-17/h13-14H,1-12H2,(H,20,21). The normalized spacial score (nSPS) is 31.9. The molecule has 1 saturated heterocycles. The van der Waals surface area contributed by atoms with Crippen molar-refractivity contribution < 1.29 is 14.7 Å². The molecule has 2 aliphatic carbocycles. The maximum absolute atomic E-state index is 12.9. The molecule has 3 fully saturated rings. The van der Waals surface area contributed by atoms with Gasteiger partial charge in [0, 0.05) is 29.5 Å². The number of rotatable bonds is 2. The number of carboxylic acid groups (broad SMARTS) is 1. The number of hydrogen-bond acceptors (Lipinski definition) is 3. The minimum Gasteiger partial charge on any atom is -0.481 e. The highest BCUT2D eigenvalue weighted by molar-refractivity contribution is 8.00. The summed E-state index contributed by atoms with van der Waals surface area (Å²) in [5.74, 6) is 0.177. The molecule has 2 saturated carbocycles. The minimum absolute atomic E-state index is 0.0569. The van der Waals surface area contributed by atoms with Crippen molar-refractivity contribution in [3.05, 3.63) is 0 Å². The number of amides is 1. The van der Waals surface area contributed by atoms with Crippen molar-refractivity contribution in [2.45, 2.75) is 62.5 Å². The molecule has 22 heavy (non-hydrogen) atoms. The first kappa shape index (κ1) is 16.2. The van der Waals surface area contributed by atoms with Crippen LogP contribution in [0.25, 0.3) is 0 Å². The predicted octanol–water partition coefficient (Wildman–Crippen LogP) is 3.16. The lowest BCUT2D eigenvalue weighted by molar-refractivity contribution is -0.145. The lowest BCUT2D eigenvalue weighted by Gasteiger charge is -2.45. The molecule has 2 atom stereocenters. The van der Waals surface area contributed by atoms with E-state index in [2.05, 4.69) is 16.7 Å². The van der Waals surface area contributed by atoms with Gasteiger partial charge in [0.15, 0.2) is 0 Å². The monoisotopic (exact) mass is 325 g/mol. The molecule has 1 N–H and O–H groups in total. The number of carbonyl (C=O) groups is 2. The summed E-state index contributed by atoms with van der Waals surface area (Å²) >= 11 is 2.07. The second-order valence-corrected chi connectivity index (χ2v) is 8.81. The molecule has 0 aromatic rings. The van der Waals surface area contributed by atoms with Gasteiger partial charge in [-0.2, -0.15) is 11.8 Å². The topological polar surface area (TPSA) is 57.6 Å². The largest absolute Gasteiger partial charge is 0.481 e. The quantitative estimate of drug-likeness (QED) is 0.847. The third kappa shape index (κ3) is 3.44. The Morgan fingerprint density at radius 2 is 1.77 bits per heavy atom. The fraction of sp³-hybridized carbons (Fsp3) is 0.882. The Hall–Kier alpha value is -0.710. The van der Waals surface area contributed by atoms with E-state index in [-0.39, 0.29) is 17.7 Å². The zero-order chi connectivity index (χ0) is 15.6. The summed E-state index contributed by atoms with van der Waals surface area (Å²) in [6.07, 6.45) is 9.43. The van der Waals surface area contributed by atoms with Crippen LogP contribution >= 0.6 is 11.8 Å². The van der Waals surface area contributed by atoms with Crippen molar-refractivity contribution in [3.63, 3.8) is 0 Å². The number of thioether (sulfide) groups is 1. The SMILES string of the molecule is O=C(O)C1CCCC(C(=O)N2CCSC3(CCCCC3)C2)C1. The van der Waals surface area contributed by atoms with Crippen LogP contribution in [0.2, 0.25) is 0 Å². The van der Waals surface area contributed by atoms with Gasteiger partial charge >= 0.3 is 5.97 Å². The average Bonchev–Trinajstić information content (AvgIpc) is 2.55. The van der Waals surface area contributed by atoms with Crippen LogP contribution < -0.4 is 0 Å². The lowest BCUT2D eigenvalue weighted by atomic mass is 9.80. The summed E-state index contributed by atoms with van der Waals surface area (Å²) in [5, 5.41) is 9.22. The zero-order valence-corrected chi connectivity index (χ0v) is 14.1. The van der Waals surface area contributed by atoms with Crippen molar-refractivity contribution >= 4 is 23.6 Å². The van der Waals surface area contributed by atoms with Crippen LogP contribution in [0, 0.1) is 11.8 Å². The highest BCUT2D eigenvalue weighted by Crippen LogP contribution is 2.43. The summed E-state index contributed by atoms with van der Waals surface area (Å²) in [7, 11) is 0. The summed E-state index contributed by atoms with van der Waals surface area (Å²) in [6, 6.07) is 0. The molecule has 1 aliphatic heterocycles. The first-order valence-electron chi connectivity index (χ1n) is 8.75. The molecule has 0 aromatic heterocycles. The van der Waals surface area contributed by atoms with Gasteiger partial charge in [-0.05, 0) is 32.1 Å². The van der Waals surface area contributed by atoms with Gasteiger partial charge in [0.05, 0.1) is 5.92 Å². The third-order valence-corrected chi connectivity index (χ3v) is 7.23. The van der Waals surface area contributed by atoms with E-state index in [0.717, 1.165) is 38.1 Å². The van der Waals surface area contributed by atoms with Crippen LogP contribution in [0.3, 0.4) is 0 Å². The maximum atomic E-state index is 12.9. The molecule has 4 nitrogen and oxygen atoms in total. The van der Waals surface area contributed by atoms with E-state index in [1.54, 1.807) is 0 Å². The Bertz CT molecular complexity index is 428. The van der Waals surface area contributed by atoms with E-state index in [4.69, 9.17) is 0 Å². The van der Waals surface area contributed by atoms with Crippen LogP contribution in [0.15, 0.2) is 0 Å². The van der Waals surface area contributed by atoms with Gasteiger partial charge in [-0.25, -0.2) is 0 Å². The molecular weight excluding hydrogens is 298 g/mol. The molecule has 0 bridgehead atoms. The van der Waals surface area contributed by atoms with E-state index in [1.165, 1.54) is 32.1 Å². The first-order valence-corrected chi connectivity index (χ1v) is 9.74. The predicted molar refractivity (Wildman–Crippen MR) is 87.9 cm³/mol. The van der Waals surface area contributed by atoms with Gasteiger partial charge in [0.25, 0.3) is 0 Å². The molecule has 1 spiro atoms. The van der Waals surface area contributed by atoms with Crippen molar-refractivity contribution in [2.24, 2.45) is 11.8 Å². The van der Waals surface area contributed by atoms with Gasteiger partial charge < -0.3 is 10.0 Å². The molecule has 2 unspecified atom stereocenters. The first-order chi connectivity index (χ1) is 10.6. The van der Waals surface area contributed by atoms with E-state index in [9.17, 15) is 14.7 Å². The molecule has 3 aliphatic rings. The van der Waals surface area contributed by atoms with Crippen LogP contribution in [0.4, 0.5) is 0 Å². The fourth-order valence-corrected chi connectivity index (χ4v) is 6.00. The number of aliphatic carboxylic acids is 1. The van der Waals surface area contributed by atoms with Gasteiger partial charge in [0.2, 0.25) is 5.91 Å². The van der Waals surface area contributed by atoms with E-state index in [0.29, 0.717) is 11.2 Å². The second-order valence-electron chi connectivity index (χ2n) is 7.25.